The third kappa shape index (κ3) is 2.68. The first kappa shape index (κ1) is 14.5. The largest absolute Gasteiger partial charge is 0.370 e. The molecule has 6 N–H and O–H groups in total. The molecule has 2 heterocycles. The van der Waals surface area contributed by atoms with Crippen LogP contribution in [0.5, 0.6) is 0 Å². The fourth-order valence-corrected chi connectivity index (χ4v) is 3.14. The third-order valence-corrected chi connectivity index (χ3v) is 4.16. The quantitative estimate of drug-likeness (QED) is 0.371. The van der Waals surface area contributed by atoms with Crippen molar-refractivity contribution in [3.63, 3.8) is 0 Å². The number of fused-ring (bicyclic) bond motifs is 1. The second kappa shape index (κ2) is 6.06. The van der Waals surface area contributed by atoms with E-state index in [1.807, 2.05) is 13.0 Å². The average Bonchev–Trinajstić information content (AvgIpc) is 2.78. The molecule has 0 saturated carbocycles. The molecule has 0 spiro atoms. The number of rotatable bonds is 6. The highest BCUT2D eigenvalue weighted by atomic mass is 32.1. The summed E-state index contributed by atoms with van der Waals surface area (Å²) in [7, 11) is 0. The number of nitrogens with zero attached hydrogens (tertiary/aromatic N) is 1. The van der Waals surface area contributed by atoms with Gasteiger partial charge in [0.1, 0.15) is 15.5 Å². The fraction of sp³-hybridized carbons (Fsp3) is 0.385. The maximum absolute atomic E-state index is 11.5. The number of hydrogen-bond acceptors (Lipinski definition) is 6. The van der Waals surface area contributed by atoms with Crippen molar-refractivity contribution in [2.75, 3.05) is 17.3 Å². The number of amides is 1. The highest BCUT2D eigenvalue weighted by Crippen LogP contribution is 2.37. The van der Waals surface area contributed by atoms with Crippen LogP contribution in [0.3, 0.4) is 0 Å². The van der Waals surface area contributed by atoms with Crippen molar-refractivity contribution >= 4 is 39.0 Å². The number of primary amides is 1. The van der Waals surface area contributed by atoms with Crippen LogP contribution in [0.25, 0.3) is 10.2 Å². The van der Waals surface area contributed by atoms with Crippen LogP contribution in [-0.2, 0) is 0 Å². The summed E-state index contributed by atoms with van der Waals surface area (Å²) in [6, 6.07) is 1.95. The number of anilines is 2. The molecule has 0 atom stereocenters. The molecule has 2 rings (SSSR count). The van der Waals surface area contributed by atoms with Crippen molar-refractivity contribution in [1.29, 1.82) is 0 Å². The molecule has 6 nitrogen and oxygen atoms in total. The van der Waals surface area contributed by atoms with Gasteiger partial charge in [-0.25, -0.2) is 4.98 Å². The van der Waals surface area contributed by atoms with Gasteiger partial charge in [-0.1, -0.05) is 13.3 Å². The zero-order chi connectivity index (χ0) is 14.7. The summed E-state index contributed by atoms with van der Waals surface area (Å²) >= 11 is 1.26. The molecular formula is C13H19N5OS. The number of nitrogens with one attached hydrogen (secondary N) is 2. The number of pyridine rings is 1. The molecule has 0 saturated heterocycles. The predicted octanol–water partition coefficient (Wildman–Crippen LogP) is 2.20. The standard InChI is InChI=1S/C13H19N5OS/c1-3-4-5-16-8-6-7(2)9-10(18-15)11(12(14)19)20-13(9)17-8/h6,18H,3-5,15H2,1-2H3,(H2,14,19)(H,16,17). The molecule has 1 amide bonds. The van der Waals surface area contributed by atoms with Gasteiger partial charge in [0.05, 0.1) is 5.69 Å². The normalized spacial score (nSPS) is 10.8. The van der Waals surface area contributed by atoms with Gasteiger partial charge in [-0.05, 0) is 25.0 Å². The Balaban J connectivity index is 2.47. The molecule has 0 aromatic carbocycles. The van der Waals surface area contributed by atoms with Gasteiger partial charge in [-0.15, -0.1) is 11.3 Å². The maximum atomic E-state index is 11.5. The molecule has 0 fully saturated rings. The van der Waals surface area contributed by atoms with Gasteiger partial charge in [0.2, 0.25) is 0 Å². The van der Waals surface area contributed by atoms with Crippen LogP contribution in [0.4, 0.5) is 11.5 Å². The van der Waals surface area contributed by atoms with E-state index in [4.69, 9.17) is 11.6 Å². The number of thiophene rings is 1. The number of aryl methyl sites for hydroxylation is 1. The van der Waals surface area contributed by atoms with E-state index < -0.39 is 5.91 Å². The van der Waals surface area contributed by atoms with E-state index in [2.05, 4.69) is 22.7 Å². The van der Waals surface area contributed by atoms with Crippen molar-refractivity contribution in [3.05, 3.63) is 16.5 Å². The lowest BCUT2D eigenvalue weighted by Gasteiger charge is -2.07. The van der Waals surface area contributed by atoms with Crippen molar-refractivity contribution in [2.24, 2.45) is 11.6 Å². The summed E-state index contributed by atoms with van der Waals surface area (Å²) in [4.78, 5) is 17.1. The molecule has 108 valence electrons. The molecule has 2 aromatic heterocycles. The summed E-state index contributed by atoms with van der Waals surface area (Å²) < 4.78 is 0. The molecule has 0 aliphatic heterocycles. The van der Waals surface area contributed by atoms with Gasteiger partial charge in [-0.2, -0.15) is 0 Å². The molecule has 0 aliphatic carbocycles. The molecule has 0 unspecified atom stereocenters. The first-order chi connectivity index (χ1) is 9.58. The van der Waals surface area contributed by atoms with Crippen LogP contribution < -0.4 is 22.3 Å². The Morgan fingerprint density at radius 3 is 2.85 bits per heavy atom. The lowest BCUT2D eigenvalue weighted by Crippen LogP contribution is -2.15. The maximum Gasteiger partial charge on any atom is 0.261 e. The second-order valence-corrected chi connectivity index (χ2v) is 5.60. The van der Waals surface area contributed by atoms with Crippen LogP contribution in [0.2, 0.25) is 0 Å². The highest BCUT2D eigenvalue weighted by molar-refractivity contribution is 7.21. The minimum atomic E-state index is -0.499. The number of aromatic nitrogens is 1. The minimum absolute atomic E-state index is 0.406. The van der Waals surface area contributed by atoms with Crippen molar-refractivity contribution < 1.29 is 4.79 Å². The van der Waals surface area contributed by atoms with Crippen LogP contribution in [-0.4, -0.2) is 17.4 Å². The van der Waals surface area contributed by atoms with Crippen molar-refractivity contribution in [3.8, 4) is 0 Å². The molecule has 2 aromatic rings. The summed E-state index contributed by atoms with van der Waals surface area (Å²) in [5.74, 6) is 5.82. The number of unbranched alkanes of at least 4 members (excludes halogenated alkanes) is 1. The van der Waals surface area contributed by atoms with E-state index >= 15 is 0 Å². The Bertz CT molecular complexity index is 637. The molecule has 20 heavy (non-hydrogen) atoms. The van der Waals surface area contributed by atoms with E-state index in [0.717, 1.165) is 41.0 Å². The average molecular weight is 293 g/mol. The van der Waals surface area contributed by atoms with Gasteiger partial charge in [0.15, 0.2) is 0 Å². The molecular weight excluding hydrogens is 274 g/mol. The Morgan fingerprint density at radius 1 is 1.50 bits per heavy atom. The highest BCUT2D eigenvalue weighted by Gasteiger charge is 2.18. The summed E-state index contributed by atoms with van der Waals surface area (Å²) in [6.45, 7) is 4.99. The van der Waals surface area contributed by atoms with Crippen LogP contribution in [0.15, 0.2) is 6.07 Å². The first-order valence-corrected chi connectivity index (χ1v) is 7.34. The number of nitrogen functional groups attached to an aromatic ring is 1. The van der Waals surface area contributed by atoms with E-state index in [9.17, 15) is 4.79 Å². The molecule has 0 aliphatic rings. The predicted molar refractivity (Wildman–Crippen MR) is 84.1 cm³/mol. The summed E-state index contributed by atoms with van der Waals surface area (Å²) in [6.07, 6.45) is 2.21. The minimum Gasteiger partial charge on any atom is -0.370 e. The zero-order valence-corrected chi connectivity index (χ0v) is 12.4. The van der Waals surface area contributed by atoms with Gasteiger partial charge in [0.25, 0.3) is 5.91 Å². The topological polar surface area (TPSA) is 106 Å². The van der Waals surface area contributed by atoms with Gasteiger partial charge in [-0.3, -0.25) is 10.6 Å². The molecule has 7 heteroatoms. The summed E-state index contributed by atoms with van der Waals surface area (Å²) in [5, 5.41) is 4.14. The number of hydrogen-bond donors (Lipinski definition) is 4. The number of carbonyl (C=O) groups is 1. The fourth-order valence-electron chi connectivity index (χ4n) is 2.08. The van der Waals surface area contributed by atoms with E-state index in [-0.39, 0.29) is 0 Å². The van der Waals surface area contributed by atoms with Crippen molar-refractivity contribution in [1.82, 2.24) is 4.98 Å². The van der Waals surface area contributed by atoms with Crippen LogP contribution >= 0.6 is 11.3 Å². The van der Waals surface area contributed by atoms with E-state index in [1.165, 1.54) is 11.3 Å². The summed E-state index contributed by atoms with van der Waals surface area (Å²) in [5.41, 5.74) is 9.50. The van der Waals surface area contributed by atoms with Crippen LogP contribution in [0, 0.1) is 6.92 Å². The lowest BCUT2D eigenvalue weighted by atomic mass is 10.1. The second-order valence-electron chi connectivity index (χ2n) is 4.60. The van der Waals surface area contributed by atoms with Gasteiger partial charge >= 0.3 is 0 Å². The van der Waals surface area contributed by atoms with Crippen molar-refractivity contribution in [2.45, 2.75) is 26.7 Å². The van der Waals surface area contributed by atoms with E-state index in [0.29, 0.717) is 10.6 Å². The molecule has 0 bridgehead atoms. The Morgan fingerprint density at radius 2 is 2.25 bits per heavy atom. The van der Waals surface area contributed by atoms with E-state index in [1.54, 1.807) is 0 Å². The smallest absolute Gasteiger partial charge is 0.261 e. The Labute approximate surface area is 121 Å². The lowest BCUT2D eigenvalue weighted by molar-refractivity contribution is 0.100. The SMILES string of the molecule is CCCCNc1cc(C)c2c(NN)c(C(N)=O)sc2n1. The first-order valence-electron chi connectivity index (χ1n) is 6.52. The monoisotopic (exact) mass is 293 g/mol. The Hall–Kier alpha value is -1.86. The Kier molecular flexibility index (Phi) is 4.41. The van der Waals surface area contributed by atoms with Gasteiger partial charge < -0.3 is 16.5 Å². The molecule has 0 radical (unpaired) electrons. The third-order valence-electron chi connectivity index (χ3n) is 3.06. The van der Waals surface area contributed by atoms with Gasteiger partial charge in [0, 0.05) is 11.9 Å². The van der Waals surface area contributed by atoms with Crippen LogP contribution in [0.1, 0.15) is 35.0 Å². The number of nitrogens with two attached hydrogens (primary N) is 2. The zero-order valence-electron chi connectivity index (χ0n) is 11.6. The number of hydrazine groups is 1. The number of carbonyl (C=O) groups excluding carboxylic acids is 1.